The molecule has 1 aliphatic heterocycles. The molecule has 0 radical (unpaired) electrons. The second-order valence-corrected chi connectivity index (χ2v) is 6.64. The Kier molecular flexibility index (Phi) is 4.39. The van der Waals surface area contributed by atoms with Gasteiger partial charge in [-0.15, -0.1) is 0 Å². The molecule has 1 heterocycles. The molecule has 1 unspecified atom stereocenters. The van der Waals surface area contributed by atoms with E-state index >= 15 is 0 Å². The minimum absolute atomic E-state index is 0.00748. The predicted molar refractivity (Wildman–Crippen MR) is 80.0 cm³/mol. The normalized spacial score (nSPS) is 20.6. The highest BCUT2D eigenvalue weighted by molar-refractivity contribution is 7.90. The summed E-state index contributed by atoms with van der Waals surface area (Å²) in [4.78, 5) is 0. The van der Waals surface area contributed by atoms with Crippen molar-refractivity contribution in [1.29, 1.82) is 0 Å². The van der Waals surface area contributed by atoms with Crippen LogP contribution in [0, 0.1) is 0 Å². The molecule has 0 saturated carbocycles. The van der Waals surface area contributed by atoms with E-state index < -0.39 is 10.2 Å². The maximum Gasteiger partial charge on any atom is 0.301 e. The van der Waals surface area contributed by atoms with Crippen molar-refractivity contribution in [2.45, 2.75) is 32.2 Å². The fourth-order valence-electron chi connectivity index (χ4n) is 2.38. The summed E-state index contributed by atoms with van der Waals surface area (Å²) in [5.41, 5.74) is 6.54. The number of ether oxygens (including phenoxy) is 1. The van der Waals surface area contributed by atoms with Crippen molar-refractivity contribution < 1.29 is 13.2 Å². The van der Waals surface area contributed by atoms with Gasteiger partial charge in [0.15, 0.2) is 0 Å². The Hall–Kier alpha value is -1.47. The first-order valence-electron chi connectivity index (χ1n) is 6.67. The number of nitrogens with zero attached hydrogens (tertiary/aromatic N) is 1. The molecule has 20 heavy (non-hydrogen) atoms. The average Bonchev–Trinajstić information content (AvgIpc) is 2.41. The van der Waals surface area contributed by atoms with E-state index in [1.807, 2.05) is 6.92 Å². The van der Waals surface area contributed by atoms with E-state index in [1.165, 1.54) is 11.4 Å². The highest BCUT2D eigenvalue weighted by Gasteiger charge is 2.29. The van der Waals surface area contributed by atoms with E-state index in [1.54, 1.807) is 18.2 Å². The van der Waals surface area contributed by atoms with E-state index in [0.29, 0.717) is 23.7 Å². The summed E-state index contributed by atoms with van der Waals surface area (Å²) >= 11 is 0. The number of piperidine rings is 1. The van der Waals surface area contributed by atoms with Crippen LogP contribution in [0.5, 0.6) is 5.75 Å². The molecule has 1 saturated heterocycles. The minimum Gasteiger partial charge on any atom is -0.497 e. The number of benzene rings is 1. The fraction of sp³-hybridized carbons (Fsp3) is 0.538. The van der Waals surface area contributed by atoms with E-state index in [2.05, 4.69) is 4.72 Å². The van der Waals surface area contributed by atoms with Crippen LogP contribution in [0.4, 0.5) is 11.4 Å². The highest BCUT2D eigenvalue weighted by atomic mass is 32.2. The molecular weight excluding hydrogens is 278 g/mol. The average molecular weight is 299 g/mol. The van der Waals surface area contributed by atoms with Gasteiger partial charge >= 0.3 is 10.2 Å². The van der Waals surface area contributed by atoms with Crippen LogP contribution in [-0.2, 0) is 10.2 Å². The second-order valence-electron chi connectivity index (χ2n) is 5.02. The largest absolute Gasteiger partial charge is 0.497 e. The maximum absolute atomic E-state index is 12.4. The van der Waals surface area contributed by atoms with Crippen LogP contribution < -0.4 is 15.2 Å². The zero-order chi connectivity index (χ0) is 14.8. The molecule has 0 amide bonds. The number of anilines is 2. The van der Waals surface area contributed by atoms with Crippen LogP contribution in [0.3, 0.4) is 0 Å². The summed E-state index contributed by atoms with van der Waals surface area (Å²) in [6.45, 7) is 2.47. The number of hydrogen-bond acceptors (Lipinski definition) is 4. The summed E-state index contributed by atoms with van der Waals surface area (Å²) in [5.74, 6) is 0.559. The number of nitrogens with two attached hydrogens (primary N) is 1. The van der Waals surface area contributed by atoms with E-state index in [4.69, 9.17) is 10.5 Å². The third-order valence-electron chi connectivity index (χ3n) is 3.55. The Morgan fingerprint density at radius 3 is 2.80 bits per heavy atom. The van der Waals surface area contributed by atoms with Gasteiger partial charge in [0.25, 0.3) is 0 Å². The van der Waals surface area contributed by atoms with E-state index in [0.717, 1.165) is 19.3 Å². The number of nitrogens with one attached hydrogen (secondary N) is 1. The number of hydrogen-bond donors (Lipinski definition) is 2. The molecule has 7 heteroatoms. The van der Waals surface area contributed by atoms with Crippen LogP contribution in [0.1, 0.15) is 26.2 Å². The van der Waals surface area contributed by atoms with Gasteiger partial charge in [0.2, 0.25) is 0 Å². The molecule has 1 aromatic carbocycles. The Balaban J connectivity index is 2.23. The molecule has 112 valence electrons. The highest BCUT2D eigenvalue weighted by Crippen LogP contribution is 2.27. The third kappa shape index (κ3) is 3.16. The van der Waals surface area contributed by atoms with Gasteiger partial charge in [-0.1, -0.05) is 6.42 Å². The topological polar surface area (TPSA) is 84.7 Å². The van der Waals surface area contributed by atoms with Crippen molar-refractivity contribution >= 4 is 21.6 Å². The second kappa shape index (κ2) is 5.88. The quantitative estimate of drug-likeness (QED) is 0.830. The first-order valence-corrected chi connectivity index (χ1v) is 8.11. The monoisotopic (exact) mass is 299 g/mol. The van der Waals surface area contributed by atoms with Crippen molar-refractivity contribution in [3.05, 3.63) is 18.2 Å². The molecule has 1 atom stereocenters. The molecule has 1 aliphatic rings. The summed E-state index contributed by atoms with van der Waals surface area (Å²) in [5, 5.41) is 0. The molecule has 3 N–H and O–H groups in total. The fourth-order valence-corrected chi connectivity index (χ4v) is 3.90. The lowest BCUT2D eigenvalue weighted by Gasteiger charge is -2.32. The van der Waals surface area contributed by atoms with Crippen LogP contribution in [-0.4, -0.2) is 32.4 Å². The number of rotatable bonds is 4. The van der Waals surface area contributed by atoms with Crippen molar-refractivity contribution in [2.24, 2.45) is 0 Å². The van der Waals surface area contributed by atoms with Gasteiger partial charge in [0.1, 0.15) is 5.75 Å². The Bertz CT molecular complexity index is 574. The summed E-state index contributed by atoms with van der Waals surface area (Å²) in [7, 11) is -2.06. The molecule has 0 bridgehead atoms. The van der Waals surface area contributed by atoms with Crippen LogP contribution in [0.2, 0.25) is 0 Å². The lowest BCUT2D eigenvalue weighted by molar-refractivity contribution is 0.270. The lowest BCUT2D eigenvalue weighted by atomic mass is 10.1. The Labute approximate surface area is 120 Å². The zero-order valence-corrected chi connectivity index (χ0v) is 12.6. The first-order chi connectivity index (χ1) is 9.44. The smallest absolute Gasteiger partial charge is 0.301 e. The van der Waals surface area contributed by atoms with E-state index in [-0.39, 0.29) is 6.04 Å². The van der Waals surface area contributed by atoms with Crippen LogP contribution in [0.25, 0.3) is 0 Å². The molecule has 0 aliphatic carbocycles. The Morgan fingerprint density at radius 2 is 2.15 bits per heavy atom. The molecule has 6 nitrogen and oxygen atoms in total. The van der Waals surface area contributed by atoms with Gasteiger partial charge in [0.05, 0.1) is 18.5 Å². The van der Waals surface area contributed by atoms with Gasteiger partial charge in [-0.3, -0.25) is 4.72 Å². The van der Waals surface area contributed by atoms with Gasteiger partial charge in [-0.2, -0.15) is 12.7 Å². The van der Waals surface area contributed by atoms with Crippen molar-refractivity contribution in [2.75, 3.05) is 24.1 Å². The van der Waals surface area contributed by atoms with Crippen LogP contribution in [0.15, 0.2) is 18.2 Å². The molecule has 1 fully saturated rings. The van der Waals surface area contributed by atoms with Crippen molar-refractivity contribution in [3.8, 4) is 5.75 Å². The van der Waals surface area contributed by atoms with Gasteiger partial charge in [-0.25, -0.2) is 0 Å². The van der Waals surface area contributed by atoms with E-state index in [9.17, 15) is 8.42 Å². The summed E-state index contributed by atoms with van der Waals surface area (Å²) in [6.07, 6.45) is 2.84. The minimum atomic E-state index is -3.59. The lowest BCUT2D eigenvalue weighted by Crippen LogP contribution is -2.44. The maximum atomic E-state index is 12.4. The predicted octanol–water partition coefficient (Wildman–Crippen LogP) is 1.81. The summed E-state index contributed by atoms with van der Waals surface area (Å²) < 4.78 is 34.0. The van der Waals surface area contributed by atoms with Crippen molar-refractivity contribution in [3.63, 3.8) is 0 Å². The standard InChI is InChI=1S/C13H21N3O3S/c1-10-5-3-4-8-16(10)20(17,18)15-13-9-11(19-2)6-7-12(13)14/h6-7,9-10,15H,3-5,8,14H2,1-2H3. The first kappa shape index (κ1) is 14.9. The number of methoxy groups -OCH3 is 1. The molecule has 0 spiro atoms. The Morgan fingerprint density at radius 1 is 1.40 bits per heavy atom. The van der Waals surface area contributed by atoms with Crippen LogP contribution >= 0.6 is 0 Å². The van der Waals surface area contributed by atoms with Gasteiger partial charge in [-0.05, 0) is 31.9 Å². The van der Waals surface area contributed by atoms with Gasteiger partial charge < -0.3 is 10.5 Å². The molecule has 1 aromatic rings. The third-order valence-corrected chi connectivity index (χ3v) is 5.19. The number of nitrogen functional groups attached to an aromatic ring is 1. The molecule has 2 rings (SSSR count). The SMILES string of the molecule is COc1ccc(N)c(NS(=O)(=O)N2CCCCC2C)c1. The van der Waals surface area contributed by atoms with Gasteiger partial charge in [0, 0.05) is 18.7 Å². The molecule has 0 aromatic heterocycles. The zero-order valence-electron chi connectivity index (χ0n) is 11.8. The van der Waals surface area contributed by atoms with Crippen molar-refractivity contribution in [1.82, 2.24) is 4.31 Å². The molecular formula is C13H21N3O3S. The summed E-state index contributed by atoms with van der Waals surface area (Å²) in [6, 6.07) is 4.90.